The molecule has 0 aliphatic heterocycles. The molecule has 0 fully saturated rings. The minimum atomic E-state index is -0.276. The predicted octanol–water partition coefficient (Wildman–Crippen LogP) is 4.48. The number of aromatic nitrogens is 1. The summed E-state index contributed by atoms with van der Waals surface area (Å²) in [6, 6.07) is 11.6. The standard InChI is InChI=1S/C20H22N2O2S/c1-5-10-22-16-11-13(2)14(3)12-18(16)25-20(22)21-19(23)15-8-6-7-9-17(15)24-4/h6-9,11-12H,5,10H2,1-4H3. The quantitative estimate of drug-likeness (QED) is 0.693. The molecule has 0 saturated carbocycles. The molecule has 25 heavy (non-hydrogen) atoms. The van der Waals surface area contributed by atoms with Crippen molar-refractivity contribution < 1.29 is 9.53 Å². The third-order valence-corrected chi connectivity index (χ3v) is 5.32. The highest BCUT2D eigenvalue weighted by molar-refractivity contribution is 7.16. The lowest BCUT2D eigenvalue weighted by molar-refractivity contribution is 0.0995. The second-order valence-corrected chi connectivity index (χ2v) is 7.07. The maximum Gasteiger partial charge on any atom is 0.283 e. The summed E-state index contributed by atoms with van der Waals surface area (Å²) in [5.74, 6) is 0.272. The van der Waals surface area contributed by atoms with Crippen LogP contribution in [0, 0.1) is 13.8 Å². The lowest BCUT2D eigenvalue weighted by Gasteiger charge is -2.06. The van der Waals surface area contributed by atoms with Gasteiger partial charge in [-0.05, 0) is 55.7 Å². The lowest BCUT2D eigenvalue weighted by Crippen LogP contribution is -2.17. The van der Waals surface area contributed by atoms with E-state index in [1.165, 1.54) is 11.1 Å². The Kier molecular flexibility index (Phi) is 5.04. The summed E-state index contributed by atoms with van der Waals surface area (Å²) >= 11 is 1.56. The molecule has 0 bridgehead atoms. The Morgan fingerprint density at radius 3 is 2.64 bits per heavy atom. The Balaban J connectivity index is 2.18. The molecule has 0 aliphatic carbocycles. The van der Waals surface area contributed by atoms with Crippen molar-refractivity contribution in [1.82, 2.24) is 4.57 Å². The summed E-state index contributed by atoms with van der Waals surface area (Å²) in [4.78, 5) is 17.9. The molecule has 0 spiro atoms. The van der Waals surface area contributed by atoms with Crippen LogP contribution in [0.3, 0.4) is 0 Å². The van der Waals surface area contributed by atoms with Gasteiger partial charge >= 0.3 is 0 Å². The monoisotopic (exact) mass is 354 g/mol. The number of nitrogens with zero attached hydrogens (tertiary/aromatic N) is 2. The number of para-hydroxylation sites is 1. The van der Waals surface area contributed by atoms with E-state index in [2.05, 4.69) is 42.5 Å². The van der Waals surface area contributed by atoms with Gasteiger partial charge in [-0.2, -0.15) is 4.99 Å². The molecule has 3 aromatic rings. The van der Waals surface area contributed by atoms with Crippen LogP contribution in [0.1, 0.15) is 34.8 Å². The summed E-state index contributed by atoms with van der Waals surface area (Å²) in [6.45, 7) is 7.18. The van der Waals surface area contributed by atoms with Crippen LogP contribution in [-0.2, 0) is 6.54 Å². The maximum absolute atomic E-state index is 12.7. The van der Waals surface area contributed by atoms with Crippen molar-refractivity contribution in [2.24, 2.45) is 4.99 Å². The van der Waals surface area contributed by atoms with E-state index < -0.39 is 0 Å². The molecular formula is C20H22N2O2S. The zero-order valence-electron chi connectivity index (χ0n) is 15.0. The minimum absolute atomic E-state index is 0.276. The summed E-state index contributed by atoms with van der Waals surface area (Å²) in [7, 11) is 1.56. The first-order valence-corrected chi connectivity index (χ1v) is 9.19. The lowest BCUT2D eigenvalue weighted by atomic mass is 10.1. The van der Waals surface area contributed by atoms with E-state index in [1.54, 1.807) is 30.6 Å². The molecule has 0 N–H and O–H groups in total. The average Bonchev–Trinajstić information content (AvgIpc) is 2.92. The average molecular weight is 354 g/mol. The van der Waals surface area contributed by atoms with Gasteiger partial charge in [0.2, 0.25) is 0 Å². The SMILES string of the molecule is CCCn1c(=NC(=O)c2ccccc2OC)sc2cc(C)c(C)cc21. The van der Waals surface area contributed by atoms with Gasteiger partial charge < -0.3 is 9.30 Å². The van der Waals surface area contributed by atoms with Crippen molar-refractivity contribution in [3.63, 3.8) is 0 Å². The van der Waals surface area contributed by atoms with Crippen LogP contribution < -0.4 is 9.54 Å². The number of rotatable bonds is 4. The van der Waals surface area contributed by atoms with Crippen molar-refractivity contribution in [1.29, 1.82) is 0 Å². The first-order chi connectivity index (χ1) is 12.0. The van der Waals surface area contributed by atoms with E-state index in [-0.39, 0.29) is 5.91 Å². The number of aryl methyl sites for hydroxylation is 3. The van der Waals surface area contributed by atoms with E-state index in [4.69, 9.17) is 4.74 Å². The molecule has 3 rings (SSSR count). The fourth-order valence-corrected chi connectivity index (χ4v) is 3.95. The molecule has 0 aliphatic rings. The Morgan fingerprint density at radius 2 is 1.92 bits per heavy atom. The van der Waals surface area contributed by atoms with Crippen LogP contribution in [0.5, 0.6) is 5.75 Å². The number of hydrogen-bond donors (Lipinski definition) is 0. The van der Waals surface area contributed by atoms with Gasteiger partial charge in [0.05, 0.1) is 22.9 Å². The summed E-state index contributed by atoms with van der Waals surface area (Å²) in [5.41, 5.74) is 4.12. The van der Waals surface area contributed by atoms with Crippen molar-refractivity contribution in [3.8, 4) is 5.75 Å². The topological polar surface area (TPSA) is 43.6 Å². The number of carbonyl (C=O) groups is 1. The molecule has 1 aromatic heterocycles. The number of carbonyl (C=O) groups excluding carboxylic acids is 1. The van der Waals surface area contributed by atoms with Crippen LogP contribution in [0.2, 0.25) is 0 Å². The highest BCUT2D eigenvalue weighted by Crippen LogP contribution is 2.23. The molecule has 0 unspecified atom stereocenters. The van der Waals surface area contributed by atoms with E-state index in [9.17, 15) is 4.79 Å². The Morgan fingerprint density at radius 1 is 1.20 bits per heavy atom. The zero-order valence-corrected chi connectivity index (χ0v) is 15.8. The molecule has 1 amide bonds. The van der Waals surface area contributed by atoms with Gasteiger partial charge in [-0.3, -0.25) is 4.79 Å². The third-order valence-electron chi connectivity index (χ3n) is 4.28. The molecule has 0 saturated heterocycles. The van der Waals surface area contributed by atoms with E-state index in [0.29, 0.717) is 11.3 Å². The minimum Gasteiger partial charge on any atom is -0.496 e. The Bertz CT molecular complexity index is 999. The first-order valence-electron chi connectivity index (χ1n) is 8.37. The van der Waals surface area contributed by atoms with Crippen LogP contribution in [0.15, 0.2) is 41.4 Å². The predicted molar refractivity (Wildman–Crippen MR) is 102 cm³/mol. The number of fused-ring (bicyclic) bond motifs is 1. The smallest absolute Gasteiger partial charge is 0.283 e. The fraction of sp³-hybridized carbons (Fsp3) is 0.300. The van der Waals surface area contributed by atoms with Gasteiger partial charge in [0.15, 0.2) is 4.80 Å². The van der Waals surface area contributed by atoms with Gasteiger partial charge in [-0.1, -0.05) is 30.4 Å². The van der Waals surface area contributed by atoms with Crippen LogP contribution in [0.4, 0.5) is 0 Å². The van der Waals surface area contributed by atoms with Crippen LogP contribution >= 0.6 is 11.3 Å². The molecule has 4 nitrogen and oxygen atoms in total. The first kappa shape index (κ1) is 17.4. The summed E-state index contributed by atoms with van der Waals surface area (Å²) < 4.78 is 8.58. The summed E-state index contributed by atoms with van der Waals surface area (Å²) in [5, 5.41) is 0. The van der Waals surface area contributed by atoms with E-state index in [1.807, 2.05) is 12.1 Å². The number of benzene rings is 2. The van der Waals surface area contributed by atoms with Crippen molar-refractivity contribution in [2.75, 3.05) is 7.11 Å². The van der Waals surface area contributed by atoms with Gasteiger partial charge in [-0.25, -0.2) is 0 Å². The molecule has 0 radical (unpaired) electrons. The Hall–Kier alpha value is -2.40. The second-order valence-electron chi connectivity index (χ2n) is 6.06. The van der Waals surface area contributed by atoms with Gasteiger partial charge in [-0.15, -0.1) is 0 Å². The van der Waals surface area contributed by atoms with E-state index >= 15 is 0 Å². The number of amides is 1. The summed E-state index contributed by atoms with van der Waals surface area (Å²) in [6.07, 6.45) is 0.981. The van der Waals surface area contributed by atoms with Gasteiger partial charge in [0.25, 0.3) is 5.91 Å². The van der Waals surface area contributed by atoms with Gasteiger partial charge in [0, 0.05) is 6.54 Å². The van der Waals surface area contributed by atoms with Gasteiger partial charge in [0.1, 0.15) is 5.75 Å². The fourth-order valence-electron chi connectivity index (χ4n) is 2.81. The van der Waals surface area contributed by atoms with Crippen molar-refractivity contribution >= 4 is 27.5 Å². The zero-order chi connectivity index (χ0) is 18.0. The highest BCUT2D eigenvalue weighted by Gasteiger charge is 2.13. The Labute approximate surface area is 151 Å². The largest absolute Gasteiger partial charge is 0.496 e. The molecule has 5 heteroatoms. The third kappa shape index (κ3) is 3.37. The highest BCUT2D eigenvalue weighted by atomic mass is 32.1. The maximum atomic E-state index is 12.7. The van der Waals surface area contributed by atoms with E-state index in [0.717, 1.165) is 28.0 Å². The molecule has 1 heterocycles. The molecule has 130 valence electrons. The van der Waals surface area contributed by atoms with Crippen molar-refractivity contribution in [2.45, 2.75) is 33.7 Å². The molecule has 2 aromatic carbocycles. The number of methoxy groups -OCH3 is 1. The second kappa shape index (κ2) is 7.23. The van der Waals surface area contributed by atoms with Crippen LogP contribution in [0.25, 0.3) is 10.2 Å². The number of ether oxygens (including phenoxy) is 1. The van der Waals surface area contributed by atoms with Crippen LogP contribution in [-0.4, -0.2) is 17.6 Å². The molecular weight excluding hydrogens is 332 g/mol. The molecule has 0 atom stereocenters. The van der Waals surface area contributed by atoms with Crippen molar-refractivity contribution in [3.05, 3.63) is 57.9 Å². The number of hydrogen-bond acceptors (Lipinski definition) is 3. The normalized spacial score (nSPS) is 11.9. The number of thiazole rings is 1.